The first kappa shape index (κ1) is 19.1. The summed E-state index contributed by atoms with van der Waals surface area (Å²) in [5, 5.41) is 8.74. The van der Waals surface area contributed by atoms with E-state index in [1.807, 2.05) is 12.1 Å². The van der Waals surface area contributed by atoms with E-state index in [1.54, 1.807) is 4.90 Å². The van der Waals surface area contributed by atoms with Crippen LogP contribution >= 0.6 is 0 Å². The number of carboxylic acid groups (broad SMARTS) is 1. The average molecular weight is 366 g/mol. The van der Waals surface area contributed by atoms with E-state index in [0.29, 0.717) is 26.1 Å². The van der Waals surface area contributed by atoms with Crippen LogP contribution in [0.25, 0.3) is 0 Å². The van der Waals surface area contributed by atoms with Gasteiger partial charge in [-0.15, -0.1) is 0 Å². The minimum absolute atomic E-state index is 0.0900. The topological polar surface area (TPSA) is 60.9 Å². The number of aliphatic carboxylic acids is 1. The summed E-state index contributed by atoms with van der Waals surface area (Å²) in [4.78, 5) is 27.0. The first-order valence-electron chi connectivity index (χ1n) is 9.44. The molecule has 1 amide bonds. The maximum absolute atomic E-state index is 12.4. The highest BCUT2D eigenvalue weighted by atomic mass is 16.4. The van der Waals surface area contributed by atoms with Crippen molar-refractivity contribution in [2.24, 2.45) is 0 Å². The van der Waals surface area contributed by atoms with Crippen LogP contribution in [0.5, 0.6) is 0 Å². The third-order valence-electron chi connectivity index (χ3n) is 4.97. The van der Waals surface area contributed by atoms with Crippen molar-refractivity contribution in [1.29, 1.82) is 0 Å². The second kappa shape index (κ2) is 9.33. The number of carbonyl (C=O) groups excluding carboxylic acids is 1. The monoisotopic (exact) mass is 366 g/mol. The van der Waals surface area contributed by atoms with E-state index in [1.165, 1.54) is 16.7 Å². The second-order valence-electron chi connectivity index (χ2n) is 7.02. The Labute approximate surface area is 160 Å². The van der Waals surface area contributed by atoms with Crippen molar-refractivity contribution in [3.8, 4) is 0 Å². The molecular weight excluding hydrogens is 340 g/mol. The van der Waals surface area contributed by atoms with Crippen molar-refractivity contribution in [2.45, 2.75) is 25.8 Å². The van der Waals surface area contributed by atoms with Gasteiger partial charge in [-0.3, -0.25) is 14.5 Å². The van der Waals surface area contributed by atoms with E-state index in [-0.39, 0.29) is 12.3 Å². The molecule has 5 heteroatoms. The zero-order chi connectivity index (χ0) is 19.1. The van der Waals surface area contributed by atoms with Crippen LogP contribution in [-0.2, 0) is 22.6 Å². The molecular formula is C22H26N2O3. The van der Waals surface area contributed by atoms with Gasteiger partial charge < -0.3 is 10.0 Å². The van der Waals surface area contributed by atoms with Gasteiger partial charge in [0.25, 0.3) is 0 Å². The fraction of sp³-hybridized carbons (Fsp3) is 0.364. The lowest BCUT2D eigenvalue weighted by Gasteiger charge is -2.34. The van der Waals surface area contributed by atoms with Gasteiger partial charge in [-0.25, -0.2) is 0 Å². The highest BCUT2D eigenvalue weighted by molar-refractivity contribution is 5.79. The van der Waals surface area contributed by atoms with E-state index >= 15 is 0 Å². The van der Waals surface area contributed by atoms with Gasteiger partial charge in [-0.1, -0.05) is 54.6 Å². The number of hydrogen-bond donors (Lipinski definition) is 1. The number of carboxylic acids is 1. The predicted octanol–water partition coefficient (Wildman–Crippen LogP) is 2.79. The first-order chi connectivity index (χ1) is 13.1. The smallest absolute Gasteiger partial charge is 0.303 e. The summed E-state index contributed by atoms with van der Waals surface area (Å²) < 4.78 is 0. The molecule has 3 rings (SSSR count). The van der Waals surface area contributed by atoms with E-state index < -0.39 is 5.97 Å². The molecule has 5 nitrogen and oxygen atoms in total. The van der Waals surface area contributed by atoms with Gasteiger partial charge in [0.15, 0.2) is 0 Å². The molecule has 0 unspecified atom stereocenters. The van der Waals surface area contributed by atoms with Gasteiger partial charge in [0, 0.05) is 32.6 Å². The minimum Gasteiger partial charge on any atom is -0.481 e. The number of piperazine rings is 1. The van der Waals surface area contributed by atoms with Gasteiger partial charge >= 0.3 is 5.97 Å². The number of hydrogen-bond acceptors (Lipinski definition) is 3. The normalized spacial score (nSPS) is 15.1. The highest BCUT2D eigenvalue weighted by Gasteiger charge is 2.24. The van der Waals surface area contributed by atoms with Crippen LogP contribution in [0.15, 0.2) is 54.6 Å². The standard InChI is InChI=1S/C22H26N2O3/c25-21-17-23(13-14-24(21)12-6-11-22(26)27)16-20-10-5-4-9-19(20)15-18-7-2-1-3-8-18/h1-5,7-10H,6,11-17H2,(H,26,27). The minimum atomic E-state index is -0.809. The number of benzene rings is 2. The van der Waals surface area contributed by atoms with E-state index in [2.05, 4.69) is 47.4 Å². The molecule has 142 valence electrons. The van der Waals surface area contributed by atoms with Crippen molar-refractivity contribution in [2.75, 3.05) is 26.2 Å². The van der Waals surface area contributed by atoms with Gasteiger partial charge in [-0.2, -0.15) is 0 Å². The lowest BCUT2D eigenvalue weighted by Crippen LogP contribution is -2.50. The number of rotatable bonds is 8. The Balaban J connectivity index is 1.57. The summed E-state index contributed by atoms with van der Waals surface area (Å²) in [5.74, 6) is -0.719. The summed E-state index contributed by atoms with van der Waals surface area (Å²) in [6.45, 7) is 3.17. The molecule has 1 saturated heterocycles. The van der Waals surface area contributed by atoms with Crippen molar-refractivity contribution in [3.63, 3.8) is 0 Å². The molecule has 0 spiro atoms. The summed E-state index contributed by atoms with van der Waals surface area (Å²) in [7, 11) is 0. The van der Waals surface area contributed by atoms with E-state index in [0.717, 1.165) is 19.5 Å². The number of nitrogens with zero attached hydrogens (tertiary/aromatic N) is 2. The quantitative estimate of drug-likeness (QED) is 0.780. The van der Waals surface area contributed by atoms with Crippen LogP contribution < -0.4 is 0 Å². The van der Waals surface area contributed by atoms with E-state index in [9.17, 15) is 9.59 Å². The van der Waals surface area contributed by atoms with Gasteiger partial charge in [0.05, 0.1) is 6.54 Å². The zero-order valence-electron chi connectivity index (χ0n) is 15.5. The Morgan fingerprint density at radius 3 is 2.37 bits per heavy atom. The maximum atomic E-state index is 12.4. The van der Waals surface area contributed by atoms with Crippen LogP contribution in [0.3, 0.4) is 0 Å². The Bertz CT molecular complexity index is 776. The van der Waals surface area contributed by atoms with Gasteiger partial charge in [0.1, 0.15) is 0 Å². The molecule has 27 heavy (non-hydrogen) atoms. The third-order valence-corrected chi connectivity index (χ3v) is 4.97. The molecule has 0 saturated carbocycles. The van der Waals surface area contributed by atoms with Crippen molar-refractivity contribution >= 4 is 11.9 Å². The van der Waals surface area contributed by atoms with Crippen molar-refractivity contribution < 1.29 is 14.7 Å². The zero-order valence-corrected chi connectivity index (χ0v) is 15.5. The van der Waals surface area contributed by atoms with E-state index in [4.69, 9.17) is 5.11 Å². The summed E-state index contributed by atoms with van der Waals surface area (Å²) >= 11 is 0. The predicted molar refractivity (Wildman–Crippen MR) is 104 cm³/mol. The summed E-state index contributed by atoms with van der Waals surface area (Å²) in [6.07, 6.45) is 1.52. The fourth-order valence-electron chi connectivity index (χ4n) is 3.49. The van der Waals surface area contributed by atoms with Crippen LogP contribution in [0.2, 0.25) is 0 Å². The summed E-state index contributed by atoms with van der Waals surface area (Å²) in [6, 6.07) is 18.8. The number of amides is 1. The largest absolute Gasteiger partial charge is 0.481 e. The molecule has 1 N–H and O–H groups in total. The molecule has 1 aliphatic rings. The maximum Gasteiger partial charge on any atom is 0.303 e. The fourth-order valence-corrected chi connectivity index (χ4v) is 3.49. The Morgan fingerprint density at radius 2 is 1.67 bits per heavy atom. The lowest BCUT2D eigenvalue weighted by atomic mass is 9.99. The second-order valence-corrected chi connectivity index (χ2v) is 7.02. The molecule has 1 aliphatic heterocycles. The van der Waals surface area contributed by atoms with Crippen molar-refractivity contribution in [1.82, 2.24) is 9.80 Å². The molecule has 0 radical (unpaired) electrons. The number of carbonyl (C=O) groups is 2. The Hall–Kier alpha value is -2.66. The average Bonchev–Trinajstić information content (AvgIpc) is 2.66. The highest BCUT2D eigenvalue weighted by Crippen LogP contribution is 2.17. The Kier molecular flexibility index (Phi) is 6.60. The Morgan fingerprint density at radius 1 is 0.963 bits per heavy atom. The van der Waals surface area contributed by atoms with Crippen LogP contribution in [0, 0.1) is 0 Å². The first-order valence-corrected chi connectivity index (χ1v) is 9.44. The molecule has 2 aromatic rings. The molecule has 0 atom stereocenters. The lowest BCUT2D eigenvalue weighted by molar-refractivity contribution is -0.139. The van der Waals surface area contributed by atoms with Gasteiger partial charge in [-0.05, 0) is 29.5 Å². The molecule has 1 heterocycles. The van der Waals surface area contributed by atoms with Gasteiger partial charge in [0.2, 0.25) is 5.91 Å². The van der Waals surface area contributed by atoms with Crippen molar-refractivity contribution in [3.05, 3.63) is 71.3 Å². The molecule has 0 bridgehead atoms. The SMILES string of the molecule is O=C(O)CCCN1CCN(Cc2ccccc2Cc2ccccc2)CC1=O. The third kappa shape index (κ3) is 5.66. The molecule has 2 aromatic carbocycles. The summed E-state index contributed by atoms with van der Waals surface area (Å²) in [5.41, 5.74) is 3.83. The molecule has 1 fully saturated rings. The van der Waals surface area contributed by atoms with Crippen LogP contribution in [0.4, 0.5) is 0 Å². The van der Waals surface area contributed by atoms with Crippen LogP contribution in [-0.4, -0.2) is 53.0 Å². The van der Waals surface area contributed by atoms with Crippen LogP contribution in [0.1, 0.15) is 29.5 Å². The molecule has 0 aromatic heterocycles. The molecule has 0 aliphatic carbocycles.